The third-order valence-corrected chi connectivity index (χ3v) is 7.99. The van der Waals surface area contributed by atoms with Crippen molar-refractivity contribution in [3.05, 3.63) is 89.5 Å². The van der Waals surface area contributed by atoms with Gasteiger partial charge in [-0.05, 0) is 61.2 Å². The molecule has 0 aliphatic heterocycles. The lowest BCUT2D eigenvalue weighted by molar-refractivity contribution is -0.144. The van der Waals surface area contributed by atoms with Crippen LogP contribution in [-0.2, 0) is 30.8 Å². The fraction of sp³-hybridized carbons (Fsp3) is 0.355. The van der Waals surface area contributed by atoms with Crippen LogP contribution in [0.5, 0.6) is 11.5 Å². The number of amides is 1. The third-order valence-electron chi connectivity index (χ3n) is 6.79. The van der Waals surface area contributed by atoms with Gasteiger partial charge in [-0.2, -0.15) is 0 Å². The van der Waals surface area contributed by atoms with Gasteiger partial charge in [0, 0.05) is 19.2 Å². The zero-order valence-corrected chi connectivity index (χ0v) is 25.2. The normalized spacial score (nSPS) is 12.6. The van der Waals surface area contributed by atoms with Gasteiger partial charge in [-0.25, -0.2) is 13.2 Å². The summed E-state index contributed by atoms with van der Waals surface area (Å²) in [6.45, 7) is 6.29. The molecular weight excluding hydrogens is 544 g/mol. The van der Waals surface area contributed by atoms with Crippen molar-refractivity contribution < 1.29 is 32.2 Å². The molecule has 0 aliphatic carbocycles. The molecule has 2 atom stereocenters. The van der Waals surface area contributed by atoms with Crippen LogP contribution in [0.4, 0.5) is 10.5 Å². The molecule has 3 aromatic carbocycles. The number of nitrogens with zero attached hydrogens (tertiary/aromatic N) is 2. The van der Waals surface area contributed by atoms with Crippen molar-refractivity contribution >= 4 is 27.8 Å². The second-order valence-corrected chi connectivity index (χ2v) is 11.8. The van der Waals surface area contributed by atoms with Crippen molar-refractivity contribution in [3.63, 3.8) is 0 Å². The summed E-state index contributed by atoms with van der Waals surface area (Å²) in [5, 5.41) is 0. The van der Waals surface area contributed by atoms with E-state index >= 15 is 0 Å². The molecule has 9 nitrogen and oxygen atoms in total. The molecule has 0 spiro atoms. The van der Waals surface area contributed by atoms with Gasteiger partial charge in [-0.15, -0.1) is 0 Å². The number of ether oxygens (including phenoxy) is 3. The van der Waals surface area contributed by atoms with Crippen molar-refractivity contribution in [2.24, 2.45) is 0 Å². The van der Waals surface area contributed by atoms with E-state index in [9.17, 15) is 18.0 Å². The van der Waals surface area contributed by atoms with Gasteiger partial charge in [-0.3, -0.25) is 9.10 Å². The second kappa shape index (κ2) is 14.0. The maximum absolute atomic E-state index is 12.9. The fourth-order valence-electron chi connectivity index (χ4n) is 4.31. The van der Waals surface area contributed by atoms with Crippen molar-refractivity contribution in [1.82, 2.24) is 4.90 Å². The van der Waals surface area contributed by atoms with E-state index in [1.165, 1.54) is 14.2 Å². The van der Waals surface area contributed by atoms with Crippen LogP contribution in [0.2, 0.25) is 0 Å². The summed E-state index contributed by atoms with van der Waals surface area (Å²) >= 11 is 0. The summed E-state index contributed by atoms with van der Waals surface area (Å²) in [5.41, 5.74) is 2.78. The fourth-order valence-corrected chi connectivity index (χ4v) is 4.81. The largest absolute Gasteiger partial charge is 0.466 e. The van der Waals surface area contributed by atoms with Gasteiger partial charge in [0.1, 0.15) is 11.5 Å². The number of hydrogen-bond donors (Lipinski definition) is 0. The standard InChI is InChI=1S/C31H38N2O7S/c1-7-39-30(34)23(3)25-14-11-15-28(19-25)40-29-17-16-27(32(4)41(6,36)37)18-26(29)21-33(31(35)38-5)20-22(2)24-12-9-8-10-13-24/h8-19,22-23H,7,20-21H2,1-6H3/t22-,23?/m1/s1. The first-order chi connectivity index (χ1) is 19.4. The molecule has 0 radical (unpaired) electrons. The van der Waals surface area contributed by atoms with E-state index in [1.807, 2.05) is 43.3 Å². The summed E-state index contributed by atoms with van der Waals surface area (Å²) < 4.78 is 42.2. The number of benzene rings is 3. The minimum absolute atomic E-state index is 0.00240. The molecule has 3 rings (SSSR count). The smallest absolute Gasteiger partial charge is 0.409 e. The quantitative estimate of drug-likeness (QED) is 0.245. The maximum atomic E-state index is 12.9. The molecule has 220 valence electrons. The highest BCUT2D eigenvalue weighted by Crippen LogP contribution is 2.33. The maximum Gasteiger partial charge on any atom is 0.409 e. The molecule has 1 unspecified atom stereocenters. The summed E-state index contributed by atoms with van der Waals surface area (Å²) in [5.74, 6) is 0.0876. The summed E-state index contributed by atoms with van der Waals surface area (Å²) in [7, 11) is -0.747. The van der Waals surface area contributed by atoms with Crippen molar-refractivity contribution in [2.75, 3.05) is 37.9 Å². The Morgan fingerprint density at radius 1 is 0.927 bits per heavy atom. The number of rotatable bonds is 12. The molecule has 0 saturated carbocycles. The molecule has 0 bridgehead atoms. The number of carbonyl (C=O) groups is 2. The third kappa shape index (κ3) is 8.47. The number of methoxy groups -OCH3 is 1. The van der Waals surface area contributed by atoms with Gasteiger partial charge < -0.3 is 19.1 Å². The molecule has 0 N–H and O–H groups in total. The molecule has 0 aromatic heterocycles. The van der Waals surface area contributed by atoms with Gasteiger partial charge in [0.15, 0.2) is 0 Å². The van der Waals surface area contributed by atoms with Gasteiger partial charge in [0.25, 0.3) is 0 Å². The van der Waals surface area contributed by atoms with Crippen LogP contribution in [-0.4, -0.2) is 58.9 Å². The Morgan fingerprint density at radius 2 is 1.61 bits per heavy atom. The van der Waals surface area contributed by atoms with E-state index in [-0.39, 0.29) is 25.0 Å². The average Bonchev–Trinajstić information content (AvgIpc) is 2.96. The Kier molecular flexibility index (Phi) is 10.8. The van der Waals surface area contributed by atoms with E-state index in [1.54, 1.807) is 55.1 Å². The van der Waals surface area contributed by atoms with Crippen LogP contribution in [0.15, 0.2) is 72.8 Å². The molecule has 0 aliphatic rings. The number of hydrogen-bond acceptors (Lipinski definition) is 7. The zero-order valence-electron chi connectivity index (χ0n) is 24.4. The molecule has 1 amide bonds. The summed E-state index contributed by atoms with van der Waals surface area (Å²) in [6.07, 6.45) is 0.598. The van der Waals surface area contributed by atoms with Crippen LogP contribution < -0.4 is 9.04 Å². The lowest BCUT2D eigenvalue weighted by Crippen LogP contribution is -2.34. The van der Waals surface area contributed by atoms with E-state index in [2.05, 4.69) is 0 Å². The highest BCUT2D eigenvalue weighted by Gasteiger charge is 2.23. The first-order valence-electron chi connectivity index (χ1n) is 13.3. The van der Waals surface area contributed by atoms with E-state index < -0.39 is 22.0 Å². The SMILES string of the molecule is CCOC(=O)C(C)c1cccc(Oc2ccc(N(C)S(C)(=O)=O)cc2CN(C[C@@H](C)c2ccccc2)C(=O)OC)c1. The van der Waals surface area contributed by atoms with Gasteiger partial charge in [0.05, 0.1) is 38.1 Å². The van der Waals surface area contributed by atoms with Crippen molar-refractivity contribution in [1.29, 1.82) is 0 Å². The lowest BCUT2D eigenvalue weighted by Gasteiger charge is -2.27. The molecule has 0 fully saturated rings. The highest BCUT2D eigenvalue weighted by atomic mass is 32.2. The highest BCUT2D eigenvalue weighted by molar-refractivity contribution is 7.92. The Morgan fingerprint density at radius 3 is 2.24 bits per heavy atom. The van der Waals surface area contributed by atoms with Gasteiger partial charge >= 0.3 is 12.1 Å². The number of esters is 1. The molecule has 3 aromatic rings. The Hall–Kier alpha value is -4.05. The first kappa shape index (κ1) is 31.5. The van der Waals surface area contributed by atoms with E-state index in [4.69, 9.17) is 14.2 Å². The van der Waals surface area contributed by atoms with Crippen LogP contribution in [0.1, 0.15) is 49.3 Å². The monoisotopic (exact) mass is 582 g/mol. The minimum Gasteiger partial charge on any atom is -0.466 e. The van der Waals surface area contributed by atoms with E-state index in [0.29, 0.717) is 29.3 Å². The molecule has 0 heterocycles. The van der Waals surface area contributed by atoms with Gasteiger partial charge in [0.2, 0.25) is 10.0 Å². The minimum atomic E-state index is -3.53. The molecular formula is C31H38N2O7S. The molecule has 0 saturated heterocycles. The van der Waals surface area contributed by atoms with Gasteiger partial charge in [-0.1, -0.05) is 49.4 Å². The predicted molar refractivity (Wildman–Crippen MR) is 159 cm³/mol. The second-order valence-electron chi connectivity index (χ2n) is 9.83. The predicted octanol–water partition coefficient (Wildman–Crippen LogP) is 5.91. The Labute approximate surface area is 242 Å². The molecule has 41 heavy (non-hydrogen) atoms. The topological polar surface area (TPSA) is 102 Å². The zero-order chi connectivity index (χ0) is 30.2. The average molecular weight is 583 g/mol. The van der Waals surface area contributed by atoms with Crippen molar-refractivity contribution in [3.8, 4) is 11.5 Å². The Bertz CT molecular complexity index is 1440. The van der Waals surface area contributed by atoms with Crippen LogP contribution in [0.3, 0.4) is 0 Å². The van der Waals surface area contributed by atoms with Crippen molar-refractivity contribution in [2.45, 2.75) is 39.2 Å². The lowest BCUT2D eigenvalue weighted by atomic mass is 10.0. The van der Waals surface area contributed by atoms with Crippen LogP contribution in [0.25, 0.3) is 0 Å². The van der Waals surface area contributed by atoms with Crippen LogP contribution in [0, 0.1) is 0 Å². The summed E-state index contributed by atoms with van der Waals surface area (Å²) in [4.78, 5) is 26.7. The molecule has 10 heteroatoms. The number of carbonyl (C=O) groups excluding carboxylic acids is 2. The number of anilines is 1. The number of sulfonamides is 1. The first-order valence-corrected chi connectivity index (χ1v) is 15.2. The summed E-state index contributed by atoms with van der Waals surface area (Å²) in [6, 6.07) is 22.0. The Balaban J connectivity index is 1.99. The van der Waals surface area contributed by atoms with Crippen LogP contribution >= 0.6 is 0 Å². The van der Waals surface area contributed by atoms with E-state index in [0.717, 1.165) is 21.7 Å².